The zero-order chi connectivity index (χ0) is 13.9. The Kier molecular flexibility index (Phi) is 5.00. The number of hydrogen-bond acceptors (Lipinski definition) is 3. The van der Waals surface area contributed by atoms with Crippen molar-refractivity contribution in [3.05, 3.63) is 0 Å². The van der Waals surface area contributed by atoms with Crippen molar-refractivity contribution >= 4 is 0 Å². The summed E-state index contributed by atoms with van der Waals surface area (Å²) in [6.07, 6.45) is 9.80. The fourth-order valence-corrected chi connectivity index (χ4v) is 4.55. The highest BCUT2D eigenvalue weighted by Crippen LogP contribution is 2.28. The minimum absolute atomic E-state index is 0.717. The van der Waals surface area contributed by atoms with Crippen LogP contribution in [-0.2, 0) is 0 Å². The maximum atomic E-state index is 4.05. The highest BCUT2D eigenvalue weighted by molar-refractivity contribution is 4.95. The molecule has 3 fully saturated rings. The molecule has 0 spiro atoms. The van der Waals surface area contributed by atoms with Gasteiger partial charge in [0.2, 0.25) is 0 Å². The first kappa shape index (κ1) is 14.8. The van der Waals surface area contributed by atoms with E-state index in [1.807, 2.05) is 0 Å². The average Bonchev–Trinajstić information content (AvgIpc) is 2.69. The van der Waals surface area contributed by atoms with E-state index in [-0.39, 0.29) is 0 Å². The molecular formula is C17H33N3. The maximum absolute atomic E-state index is 4.05. The Morgan fingerprint density at radius 2 is 1.75 bits per heavy atom. The van der Waals surface area contributed by atoms with Gasteiger partial charge in [-0.2, -0.15) is 0 Å². The van der Waals surface area contributed by atoms with Gasteiger partial charge in [0.25, 0.3) is 0 Å². The van der Waals surface area contributed by atoms with Gasteiger partial charge in [0, 0.05) is 30.7 Å². The Morgan fingerprint density at radius 1 is 0.850 bits per heavy atom. The molecule has 3 heteroatoms. The van der Waals surface area contributed by atoms with Crippen LogP contribution in [-0.4, -0.2) is 60.1 Å². The Balaban J connectivity index is 1.50. The molecule has 3 aliphatic heterocycles. The van der Waals surface area contributed by atoms with Crippen LogP contribution in [0.3, 0.4) is 0 Å². The van der Waals surface area contributed by atoms with E-state index in [1.165, 1.54) is 71.1 Å². The molecule has 0 radical (unpaired) electrons. The average molecular weight is 279 g/mol. The second kappa shape index (κ2) is 6.76. The molecule has 20 heavy (non-hydrogen) atoms. The second-order valence-corrected chi connectivity index (χ2v) is 7.42. The molecule has 1 N–H and O–H groups in total. The summed E-state index contributed by atoms with van der Waals surface area (Å²) < 4.78 is 0. The summed E-state index contributed by atoms with van der Waals surface area (Å²) in [6.45, 7) is 9.96. The molecule has 3 atom stereocenters. The van der Waals surface area contributed by atoms with Crippen molar-refractivity contribution < 1.29 is 0 Å². The van der Waals surface area contributed by atoms with Crippen molar-refractivity contribution in [3.63, 3.8) is 0 Å². The Bertz CT molecular complexity index is 305. The molecule has 0 bridgehead atoms. The highest BCUT2D eigenvalue weighted by Gasteiger charge is 2.36. The van der Waals surface area contributed by atoms with Gasteiger partial charge in [-0.25, -0.2) is 0 Å². The molecule has 3 saturated heterocycles. The zero-order valence-corrected chi connectivity index (χ0v) is 13.5. The smallest absolute Gasteiger partial charge is 0.0249 e. The summed E-state index contributed by atoms with van der Waals surface area (Å²) in [5, 5.41) is 4.05. The van der Waals surface area contributed by atoms with Crippen LogP contribution in [0, 0.1) is 0 Å². The number of fused-ring (bicyclic) bond motifs is 1. The standard InChI is InChI=1S/C17H33N3/c1-14(2)19-11-5-6-15(8-12-19)18-16-9-13-20-10-4-3-7-17(16)20/h14-18H,3-13H2,1-2H3. The minimum atomic E-state index is 0.717. The fraction of sp³-hybridized carbons (Fsp3) is 1.00. The van der Waals surface area contributed by atoms with E-state index in [0.717, 1.165) is 18.1 Å². The summed E-state index contributed by atoms with van der Waals surface area (Å²) in [5.41, 5.74) is 0. The van der Waals surface area contributed by atoms with E-state index >= 15 is 0 Å². The van der Waals surface area contributed by atoms with Crippen LogP contribution in [0.4, 0.5) is 0 Å². The van der Waals surface area contributed by atoms with Crippen molar-refractivity contribution in [1.29, 1.82) is 0 Å². The van der Waals surface area contributed by atoms with E-state index in [1.54, 1.807) is 0 Å². The molecule has 0 aromatic heterocycles. The highest BCUT2D eigenvalue weighted by atomic mass is 15.2. The van der Waals surface area contributed by atoms with Gasteiger partial charge < -0.3 is 10.2 Å². The first-order chi connectivity index (χ1) is 9.74. The summed E-state index contributed by atoms with van der Waals surface area (Å²) in [7, 11) is 0. The van der Waals surface area contributed by atoms with Crippen LogP contribution in [0.5, 0.6) is 0 Å². The maximum Gasteiger partial charge on any atom is 0.0249 e. The van der Waals surface area contributed by atoms with Crippen LogP contribution >= 0.6 is 0 Å². The minimum Gasteiger partial charge on any atom is -0.310 e. The third-order valence-corrected chi connectivity index (χ3v) is 5.80. The van der Waals surface area contributed by atoms with E-state index in [4.69, 9.17) is 0 Å². The molecule has 3 nitrogen and oxygen atoms in total. The first-order valence-corrected chi connectivity index (χ1v) is 8.98. The fourth-order valence-electron chi connectivity index (χ4n) is 4.55. The largest absolute Gasteiger partial charge is 0.310 e. The molecule has 0 amide bonds. The van der Waals surface area contributed by atoms with Crippen LogP contribution in [0.15, 0.2) is 0 Å². The lowest BCUT2D eigenvalue weighted by atomic mass is 9.97. The van der Waals surface area contributed by atoms with Crippen molar-refractivity contribution in [3.8, 4) is 0 Å². The molecule has 0 saturated carbocycles. The molecule has 0 aromatic carbocycles. The number of hydrogen-bond donors (Lipinski definition) is 1. The topological polar surface area (TPSA) is 18.5 Å². The van der Waals surface area contributed by atoms with Crippen LogP contribution in [0.25, 0.3) is 0 Å². The summed E-state index contributed by atoms with van der Waals surface area (Å²) >= 11 is 0. The van der Waals surface area contributed by atoms with Crippen LogP contribution in [0.2, 0.25) is 0 Å². The normalized spacial score (nSPS) is 37.0. The predicted molar refractivity (Wildman–Crippen MR) is 85.1 cm³/mol. The van der Waals surface area contributed by atoms with E-state index in [9.17, 15) is 0 Å². The number of nitrogens with zero attached hydrogens (tertiary/aromatic N) is 2. The summed E-state index contributed by atoms with van der Waals surface area (Å²) in [6, 6.07) is 3.12. The van der Waals surface area contributed by atoms with Gasteiger partial charge >= 0.3 is 0 Å². The monoisotopic (exact) mass is 279 g/mol. The SMILES string of the molecule is CC(C)N1CCCC(NC2CCN3CCCCC23)CC1. The third kappa shape index (κ3) is 3.37. The lowest BCUT2D eigenvalue weighted by Crippen LogP contribution is -2.48. The molecule has 0 aromatic rings. The van der Waals surface area contributed by atoms with Gasteiger partial charge in [0.1, 0.15) is 0 Å². The second-order valence-electron chi connectivity index (χ2n) is 7.42. The van der Waals surface area contributed by atoms with E-state index in [0.29, 0.717) is 6.04 Å². The van der Waals surface area contributed by atoms with E-state index < -0.39 is 0 Å². The molecule has 3 aliphatic rings. The van der Waals surface area contributed by atoms with E-state index in [2.05, 4.69) is 29.0 Å². The zero-order valence-electron chi connectivity index (χ0n) is 13.5. The molecule has 3 unspecified atom stereocenters. The van der Waals surface area contributed by atoms with Crippen molar-refractivity contribution in [2.75, 3.05) is 26.2 Å². The lowest BCUT2D eigenvalue weighted by Gasteiger charge is -2.34. The molecule has 3 rings (SSSR count). The van der Waals surface area contributed by atoms with Gasteiger partial charge in [0.05, 0.1) is 0 Å². The quantitative estimate of drug-likeness (QED) is 0.856. The van der Waals surface area contributed by atoms with Crippen molar-refractivity contribution in [2.24, 2.45) is 0 Å². The Hall–Kier alpha value is -0.120. The lowest BCUT2D eigenvalue weighted by molar-refractivity contribution is 0.174. The van der Waals surface area contributed by atoms with Gasteiger partial charge in [-0.1, -0.05) is 6.42 Å². The van der Waals surface area contributed by atoms with Gasteiger partial charge in [-0.05, 0) is 72.0 Å². The number of rotatable bonds is 3. The summed E-state index contributed by atoms with van der Waals surface area (Å²) in [4.78, 5) is 5.40. The van der Waals surface area contributed by atoms with Crippen LogP contribution in [0.1, 0.15) is 58.8 Å². The van der Waals surface area contributed by atoms with Crippen LogP contribution < -0.4 is 5.32 Å². The number of piperidine rings is 1. The number of likely N-dealkylation sites (tertiary alicyclic amines) is 1. The molecular weight excluding hydrogens is 246 g/mol. The summed E-state index contributed by atoms with van der Waals surface area (Å²) in [5.74, 6) is 0. The van der Waals surface area contributed by atoms with Crippen molar-refractivity contribution in [2.45, 2.75) is 83.0 Å². The third-order valence-electron chi connectivity index (χ3n) is 5.80. The Morgan fingerprint density at radius 3 is 2.60 bits per heavy atom. The Labute approximate surface area is 125 Å². The predicted octanol–water partition coefficient (Wildman–Crippen LogP) is 2.47. The van der Waals surface area contributed by atoms with Gasteiger partial charge in [-0.3, -0.25) is 4.90 Å². The van der Waals surface area contributed by atoms with Gasteiger partial charge in [0.15, 0.2) is 0 Å². The molecule has 3 heterocycles. The first-order valence-electron chi connectivity index (χ1n) is 8.98. The molecule has 0 aliphatic carbocycles. The molecule has 116 valence electrons. The van der Waals surface area contributed by atoms with Gasteiger partial charge in [-0.15, -0.1) is 0 Å². The van der Waals surface area contributed by atoms with Crippen molar-refractivity contribution in [1.82, 2.24) is 15.1 Å². The number of nitrogens with one attached hydrogen (secondary N) is 1.